The lowest BCUT2D eigenvalue weighted by Gasteiger charge is -2.05. The molecule has 0 atom stereocenters. The Balaban J connectivity index is 2.04. The first-order valence-corrected chi connectivity index (χ1v) is 5.59. The van der Waals surface area contributed by atoms with Gasteiger partial charge in [0.15, 0.2) is 0 Å². The molecule has 1 aromatic heterocycles. The van der Waals surface area contributed by atoms with Gasteiger partial charge in [0, 0.05) is 25.0 Å². The Hall–Kier alpha value is -1.56. The van der Waals surface area contributed by atoms with E-state index in [1.54, 1.807) is 12.4 Å². The van der Waals surface area contributed by atoms with Crippen molar-refractivity contribution in [2.24, 2.45) is 0 Å². The summed E-state index contributed by atoms with van der Waals surface area (Å²) in [5.74, 6) is -0.796. The van der Waals surface area contributed by atoms with Gasteiger partial charge >= 0.3 is 0 Å². The van der Waals surface area contributed by atoms with E-state index in [4.69, 9.17) is 0 Å². The van der Waals surface area contributed by atoms with Crippen molar-refractivity contribution in [2.45, 2.75) is 6.54 Å². The molecule has 0 bridgehead atoms. The first-order valence-electron chi connectivity index (χ1n) is 4.80. The van der Waals surface area contributed by atoms with Crippen molar-refractivity contribution in [3.63, 3.8) is 0 Å². The van der Waals surface area contributed by atoms with Gasteiger partial charge in [-0.1, -0.05) is 0 Å². The van der Waals surface area contributed by atoms with Crippen molar-refractivity contribution in [1.29, 1.82) is 0 Å². The summed E-state index contributed by atoms with van der Waals surface area (Å²) in [6.07, 6.45) is 3.17. The first-order chi connectivity index (χ1) is 8.13. The Morgan fingerprint density at radius 1 is 1.06 bits per heavy atom. The monoisotopic (exact) mass is 299 g/mol. The minimum Gasteiger partial charge on any atom is -0.350 e. The highest BCUT2D eigenvalue weighted by Gasteiger charge is 2.01. The molecule has 0 aliphatic carbocycles. The van der Waals surface area contributed by atoms with Crippen LogP contribution in [0.3, 0.4) is 0 Å². The summed E-state index contributed by atoms with van der Waals surface area (Å²) in [6.45, 7) is 0.260. The molecule has 2 rings (SSSR count). The van der Waals surface area contributed by atoms with E-state index in [1.807, 2.05) is 0 Å². The van der Waals surface area contributed by atoms with Gasteiger partial charge in [-0.25, -0.2) is 18.7 Å². The third kappa shape index (κ3) is 3.45. The summed E-state index contributed by atoms with van der Waals surface area (Å²) in [4.78, 5) is 7.96. The predicted molar refractivity (Wildman–Crippen MR) is 63.4 cm³/mol. The van der Waals surface area contributed by atoms with Crippen molar-refractivity contribution >= 4 is 21.9 Å². The molecule has 2 aromatic rings. The number of aromatic nitrogens is 2. The van der Waals surface area contributed by atoms with Crippen LogP contribution >= 0.6 is 15.9 Å². The van der Waals surface area contributed by atoms with Crippen LogP contribution in [0.2, 0.25) is 0 Å². The molecular formula is C11H8BrF2N3. The maximum Gasteiger partial charge on any atom is 0.222 e. The molecule has 3 nitrogen and oxygen atoms in total. The number of hydrogen-bond donors (Lipinski definition) is 1. The molecule has 0 saturated heterocycles. The normalized spacial score (nSPS) is 10.3. The van der Waals surface area contributed by atoms with Crippen molar-refractivity contribution < 1.29 is 8.78 Å². The SMILES string of the molecule is Fc1cc(F)cc(CNc2ncc(Br)cn2)c1. The van der Waals surface area contributed by atoms with E-state index in [1.165, 1.54) is 12.1 Å². The molecule has 0 fully saturated rings. The third-order valence-electron chi connectivity index (χ3n) is 1.99. The summed E-state index contributed by atoms with van der Waals surface area (Å²) in [6, 6.07) is 3.35. The van der Waals surface area contributed by atoms with Crippen molar-refractivity contribution in [2.75, 3.05) is 5.32 Å². The Labute approximate surface area is 105 Å². The van der Waals surface area contributed by atoms with Crippen LogP contribution in [0.15, 0.2) is 35.1 Å². The molecule has 0 unspecified atom stereocenters. The third-order valence-corrected chi connectivity index (χ3v) is 2.40. The van der Waals surface area contributed by atoms with Gasteiger partial charge in [0.1, 0.15) is 11.6 Å². The lowest BCUT2D eigenvalue weighted by molar-refractivity contribution is 0.580. The molecule has 0 aliphatic rings. The topological polar surface area (TPSA) is 37.8 Å². The Bertz CT molecular complexity index is 496. The van der Waals surface area contributed by atoms with Gasteiger partial charge in [-0.3, -0.25) is 0 Å². The lowest BCUT2D eigenvalue weighted by Crippen LogP contribution is -2.03. The maximum absolute atomic E-state index is 12.9. The van der Waals surface area contributed by atoms with Gasteiger partial charge in [-0.05, 0) is 33.6 Å². The number of benzene rings is 1. The molecule has 0 radical (unpaired) electrons. The molecule has 0 amide bonds. The quantitative estimate of drug-likeness (QED) is 0.946. The molecule has 1 aromatic carbocycles. The van der Waals surface area contributed by atoms with Gasteiger partial charge in [0.25, 0.3) is 0 Å². The number of nitrogens with zero attached hydrogens (tertiary/aromatic N) is 2. The number of nitrogens with one attached hydrogen (secondary N) is 1. The standard InChI is InChI=1S/C11H8BrF2N3/c12-8-5-16-11(17-6-8)15-4-7-1-9(13)3-10(14)2-7/h1-3,5-6H,4H2,(H,15,16,17). The van der Waals surface area contributed by atoms with E-state index in [0.29, 0.717) is 11.5 Å². The summed E-state index contributed by atoms with van der Waals surface area (Å²) < 4.78 is 26.6. The van der Waals surface area contributed by atoms with Gasteiger partial charge < -0.3 is 5.32 Å². The van der Waals surface area contributed by atoms with Crippen LogP contribution in [0, 0.1) is 11.6 Å². The maximum atomic E-state index is 12.9. The van der Waals surface area contributed by atoms with E-state index >= 15 is 0 Å². The highest BCUT2D eigenvalue weighted by molar-refractivity contribution is 9.10. The highest BCUT2D eigenvalue weighted by atomic mass is 79.9. The number of rotatable bonds is 3. The van der Waals surface area contributed by atoms with Gasteiger partial charge in [0.05, 0.1) is 4.47 Å². The zero-order valence-electron chi connectivity index (χ0n) is 8.62. The molecule has 1 heterocycles. The average molecular weight is 300 g/mol. The van der Waals surface area contributed by atoms with E-state index in [2.05, 4.69) is 31.2 Å². The van der Waals surface area contributed by atoms with Crippen molar-refractivity contribution in [3.8, 4) is 0 Å². The van der Waals surface area contributed by atoms with E-state index in [9.17, 15) is 8.78 Å². The van der Waals surface area contributed by atoms with Gasteiger partial charge in [-0.2, -0.15) is 0 Å². The molecular weight excluding hydrogens is 292 g/mol. The number of hydrogen-bond acceptors (Lipinski definition) is 3. The molecule has 0 saturated carbocycles. The zero-order valence-corrected chi connectivity index (χ0v) is 10.2. The Morgan fingerprint density at radius 2 is 1.65 bits per heavy atom. The minimum absolute atomic E-state index is 0.260. The second-order valence-electron chi connectivity index (χ2n) is 3.36. The molecule has 6 heteroatoms. The van der Waals surface area contributed by atoms with Crippen LogP contribution in [0.25, 0.3) is 0 Å². The van der Waals surface area contributed by atoms with Crippen LogP contribution < -0.4 is 5.32 Å². The molecule has 0 aliphatic heterocycles. The second-order valence-corrected chi connectivity index (χ2v) is 4.27. The fraction of sp³-hybridized carbons (Fsp3) is 0.0909. The smallest absolute Gasteiger partial charge is 0.222 e. The predicted octanol–water partition coefficient (Wildman–Crippen LogP) is 3.13. The Morgan fingerprint density at radius 3 is 2.24 bits per heavy atom. The largest absolute Gasteiger partial charge is 0.350 e. The van der Waals surface area contributed by atoms with E-state index in [0.717, 1.165) is 10.5 Å². The van der Waals surface area contributed by atoms with E-state index < -0.39 is 11.6 Å². The average Bonchev–Trinajstić information content (AvgIpc) is 2.27. The van der Waals surface area contributed by atoms with Crippen LogP contribution in [0.5, 0.6) is 0 Å². The molecule has 17 heavy (non-hydrogen) atoms. The zero-order chi connectivity index (χ0) is 12.3. The second kappa shape index (κ2) is 5.18. The fourth-order valence-corrected chi connectivity index (χ4v) is 1.50. The summed E-state index contributed by atoms with van der Waals surface area (Å²) in [7, 11) is 0. The number of anilines is 1. The van der Waals surface area contributed by atoms with Crippen LogP contribution in [0.4, 0.5) is 14.7 Å². The van der Waals surface area contributed by atoms with Gasteiger partial charge in [0.2, 0.25) is 5.95 Å². The van der Waals surface area contributed by atoms with Crippen LogP contribution in [0.1, 0.15) is 5.56 Å². The summed E-state index contributed by atoms with van der Waals surface area (Å²) in [5.41, 5.74) is 0.494. The summed E-state index contributed by atoms with van der Waals surface area (Å²) >= 11 is 3.21. The fourth-order valence-electron chi connectivity index (χ4n) is 1.30. The molecule has 1 N–H and O–H groups in total. The minimum atomic E-state index is -0.599. The molecule has 0 spiro atoms. The first kappa shape index (κ1) is 11.9. The van der Waals surface area contributed by atoms with Crippen molar-refractivity contribution in [1.82, 2.24) is 9.97 Å². The lowest BCUT2D eigenvalue weighted by atomic mass is 10.2. The number of halogens is 3. The highest BCUT2D eigenvalue weighted by Crippen LogP contribution is 2.10. The molecule has 88 valence electrons. The van der Waals surface area contributed by atoms with Crippen LogP contribution in [-0.2, 0) is 6.54 Å². The van der Waals surface area contributed by atoms with Crippen LogP contribution in [-0.4, -0.2) is 9.97 Å². The van der Waals surface area contributed by atoms with E-state index in [-0.39, 0.29) is 6.54 Å². The summed E-state index contributed by atoms with van der Waals surface area (Å²) in [5, 5.41) is 2.87. The van der Waals surface area contributed by atoms with Gasteiger partial charge in [-0.15, -0.1) is 0 Å². The van der Waals surface area contributed by atoms with Crippen molar-refractivity contribution in [3.05, 3.63) is 52.3 Å². The Kier molecular flexibility index (Phi) is 3.63.